The normalized spacial score (nSPS) is 15.6. The van der Waals surface area contributed by atoms with E-state index >= 15 is 0 Å². The van der Waals surface area contributed by atoms with E-state index in [1.54, 1.807) is 29.2 Å². The van der Waals surface area contributed by atoms with Gasteiger partial charge < -0.3 is 25.2 Å². The van der Waals surface area contributed by atoms with E-state index in [9.17, 15) is 24.2 Å². The number of carbonyl (C=O) groups excluding carboxylic acids is 2. The van der Waals surface area contributed by atoms with Crippen molar-refractivity contribution >= 4 is 12.0 Å². The van der Waals surface area contributed by atoms with Gasteiger partial charge >= 0.3 is 12.0 Å². The van der Waals surface area contributed by atoms with Crippen LogP contribution in [0.5, 0.6) is 11.5 Å². The number of esters is 1. The summed E-state index contributed by atoms with van der Waals surface area (Å²) in [5.41, 5.74) is 1.03. The topological polar surface area (TPSA) is 99.1 Å². The van der Waals surface area contributed by atoms with Crippen LogP contribution in [0.1, 0.15) is 35.9 Å². The lowest BCUT2D eigenvalue weighted by Crippen LogP contribution is -2.47. The standard InChI is InChI=1S/C21H23FN2O5/c1-29-20(27)19(14-5-3-2-4-6-14)23-21(28)24-9-7-13(8-10-24)15-11-16(22)18(26)12-17(15)25/h2-6,11-13,19,25-26H,7-10H2,1H3,(H,23,28). The number of hydrogen-bond donors (Lipinski definition) is 3. The number of phenols is 2. The van der Waals surface area contributed by atoms with Crippen LogP contribution in [-0.4, -0.2) is 47.3 Å². The van der Waals surface area contributed by atoms with Gasteiger partial charge in [-0.3, -0.25) is 0 Å². The van der Waals surface area contributed by atoms with Gasteiger partial charge in [-0.25, -0.2) is 14.0 Å². The van der Waals surface area contributed by atoms with Crippen LogP contribution >= 0.6 is 0 Å². The molecule has 1 aliphatic rings. The van der Waals surface area contributed by atoms with E-state index in [1.807, 2.05) is 6.07 Å². The third-order valence-electron chi connectivity index (χ3n) is 5.16. The highest BCUT2D eigenvalue weighted by Crippen LogP contribution is 2.37. The van der Waals surface area contributed by atoms with Crippen LogP contribution in [0.25, 0.3) is 0 Å². The number of rotatable bonds is 4. The first-order chi connectivity index (χ1) is 13.9. The fourth-order valence-electron chi connectivity index (χ4n) is 3.54. The van der Waals surface area contributed by atoms with Gasteiger partial charge in [-0.15, -0.1) is 0 Å². The van der Waals surface area contributed by atoms with Gasteiger partial charge in [0.05, 0.1) is 7.11 Å². The Kier molecular flexibility index (Phi) is 6.21. The highest BCUT2D eigenvalue weighted by molar-refractivity contribution is 5.84. The molecule has 0 saturated carbocycles. The number of phenolic OH excluding ortho intramolecular Hbond substituents is 2. The lowest BCUT2D eigenvalue weighted by atomic mass is 9.88. The van der Waals surface area contributed by atoms with E-state index in [-0.39, 0.29) is 11.7 Å². The van der Waals surface area contributed by atoms with Crippen molar-refractivity contribution < 1.29 is 28.9 Å². The molecule has 1 heterocycles. The van der Waals surface area contributed by atoms with Crippen LogP contribution in [0.15, 0.2) is 42.5 Å². The number of nitrogens with one attached hydrogen (secondary N) is 1. The molecule has 154 valence electrons. The number of benzene rings is 2. The molecule has 1 atom stereocenters. The van der Waals surface area contributed by atoms with Crippen LogP contribution in [0.3, 0.4) is 0 Å². The molecule has 3 N–H and O–H groups in total. The van der Waals surface area contributed by atoms with E-state index in [2.05, 4.69) is 5.32 Å². The average Bonchev–Trinajstić information content (AvgIpc) is 2.74. The van der Waals surface area contributed by atoms with E-state index < -0.39 is 29.6 Å². The van der Waals surface area contributed by atoms with Crippen molar-refractivity contribution in [3.05, 3.63) is 59.4 Å². The van der Waals surface area contributed by atoms with Gasteiger partial charge in [0.2, 0.25) is 0 Å². The number of amides is 2. The second-order valence-electron chi connectivity index (χ2n) is 6.94. The van der Waals surface area contributed by atoms with Gasteiger partial charge in [0.25, 0.3) is 0 Å². The Balaban J connectivity index is 1.65. The summed E-state index contributed by atoms with van der Waals surface area (Å²) in [6.07, 6.45) is 1.03. The summed E-state index contributed by atoms with van der Waals surface area (Å²) >= 11 is 0. The molecule has 1 saturated heterocycles. The number of halogens is 1. The van der Waals surface area contributed by atoms with Crippen LogP contribution in [0.2, 0.25) is 0 Å². The maximum absolute atomic E-state index is 13.7. The fourth-order valence-corrected chi connectivity index (χ4v) is 3.54. The minimum atomic E-state index is -0.915. The molecule has 7 nitrogen and oxygen atoms in total. The maximum atomic E-state index is 13.7. The summed E-state index contributed by atoms with van der Waals surface area (Å²) in [5.74, 6) is -2.26. The molecule has 0 radical (unpaired) electrons. The first-order valence-corrected chi connectivity index (χ1v) is 9.30. The van der Waals surface area contributed by atoms with Crippen molar-refractivity contribution in [2.75, 3.05) is 20.2 Å². The number of piperidine rings is 1. The van der Waals surface area contributed by atoms with Crippen molar-refractivity contribution in [3.8, 4) is 11.5 Å². The first-order valence-electron chi connectivity index (χ1n) is 9.30. The monoisotopic (exact) mass is 402 g/mol. The molecule has 29 heavy (non-hydrogen) atoms. The number of nitrogens with zero attached hydrogens (tertiary/aromatic N) is 1. The van der Waals surface area contributed by atoms with Gasteiger partial charge in [-0.1, -0.05) is 30.3 Å². The van der Waals surface area contributed by atoms with Crippen molar-refractivity contribution in [2.45, 2.75) is 24.8 Å². The third kappa shape index (κ3) is 4.59. The number of ether oxygens (including phenoxy) is 1. The third-order valence-corrected chi connectivity index (χ3v) is 5.16. The van der Waals surface area contributed by atoms with Gasteiger partial charge in [-0.2, -0.15) is 0 Å². The molecule has 1 fully saturated rings. The van der Waals surface area contributed by atoms with Gasteiger partial charge in [0, 0.05) is 24.7 Å². The number of aromatic hydroxyl groups is 2. The molecule has 1 unspecified atom stereocenters. The highest BCUT2D eigenvalue weighted by Gasteiger charge is 2.30. The summed E-state index contributed by atoms with van der Waals surface area (Å²) in [4.78, 5) is 26.4. The van der Waals surface area contributed by atoms with Crippen LogP contribution < -0.4 is 5.32 Å². The fraction of sp³-hybridized carbons (Fsp3) is 0.333. The Hall–Kier alpha value is -3.29. The Morgan fingerprint density at radius 3 is 2.41 bits per heavy atom. The van der Waals surface area contributed by atoms with Gasteiger partial charge in [-0.05, 0) is 30.4 Å². The second-order valence-corrected chi connectivity index (χ2v) is 6.94. The Morgan fingerprint density at radius 2 is 1.79 bits per heavy atom. The molecular weight excluding hydrogens is 379 g/mol. The van der Waals surface area contributed by atoms with Crippen LogP contribution in [-0.2, 0) is 9.53 Å². The molecule has 0 aliphatic carbocycles. The number of urea groups is 1. The van der Waals surface area contributed by atoms with Gasteiger partial charge in [0.1, 0.15) is 5.75 Å². The minimum Gasteiger partial charge on any atom is -0.508 e. The molecule has 8 heteroatoms. The van der Waals surface area contributed by atoms with Crippen molar-refractivity contribution in [2.24, 2.45) is 0 Å². The Bertz CT molecular complexity index is 882. The zero-order valence-electron chi connectivity index (χ0n) is 16.0. The lowest BCUT2D eigenvalue weighted by Gasteiger charge is -2.33. The van der Waals surface area contributed by atoms with Crippen LogP contribution in [0, 0.1) is 5.82 Å². The number of likely N-dealkylation sites (tertiary alicyclic amines) is 1. The molecule has 0 aromatic heterocycles. The summed E-state index contributed by atoms with van der Waals surface area (Å²) in [6, 6.07) is 9.63. The van der Waals surface area contributed by atoms with E-state index in [1.165, 1.54) is 7.11 Å². The number of methoxy groups -OCH3 is 1. The molecule has 3 rings (SSSR count). The molecule has 0 bridgehead atoms. The van der Waals surface area contributed by atoms with Crippen LogP contribution in [0.4, 0.5) is 9.18 Å². The number of hydrogen-bond acceptors (Lipinski definition) is 5. The van der Waals surface area contributed by atoms with Crippen molar-refractivity contribution in [1.82, 2.24) is 10.2 Å². The molecule has 0 spiro atoms. The molecule has 1 aliphatic heterocycles. The lowest BCUT2D eigenvalue weighted by molar-refractivity contribution is -0.143. The number of carbonyl (C=O) groups is 2. The average molecular weight is 402 g/mol. The quantitative estimate of drug-likeness (QED) is 0.683. The first kappa shape index (κ1) is 20.4. The van der Waals surface area contributed by atoms with Crippen molar-refractivity contribution in [1.29, 1.82) is 0 Å². The van der Waals surface area contributed by atoms with E-state index in [0.29, 0.717) is 37.1 Å². The summed E-state index contributed by atoms with van der Waals surface area (Å²) in [7, 11) is 1.26. The molecule has 2 aromatic carbocycles. The Labute approximate surface area is 167 Å². The largest absolute Gasteiger partial charge is 0.508 e. The predicted octanol–water partition coefficient (Wildman–Crippen LogP) is 3.04. The summed E-state index contributed by atoms with van der Waals surface area (Å²) in [6.45, 7) is 0.752. The summed E-state index contributed by atoms with van der Waals surface area (Å²) < 4.78 is 18.5. The zero-order valence-corrected chi connectivity index (χ0v) is 16.0. The maximum Gasteiger partial charge on any atom is 0.333 e. The second kappa shape index (κ2) is 8.81. The van der Waals surface area contributed by atoms with Gasteiger partial charge in [0.15, 0.2) is 17.6 Å². The van der Waals surface area contributed by atoms with E-state index in [0.717, 1.165) is 12.1 Å². The molecular formula is C21H23FN2O5. The molecule has 2 aromatic rings. The Morgan fingerprint density at radius 1 is 1.14 bits per heavy atom. The summed E-state index contributed by atoms with van der Waals surface area (Å²) in [5, 5.41) is 22.1. The smallest absolute Gasteiger partial charge is 0.333 e. The van der Waals surface area contributed by atoms with E-state index in [4.69, 9.17) is 4.74 Å². The minimum absolute atomic E-state index is 0.139. The SMILES string of the molecule is COC(=O)C(NC(=O)N1CCC(c2cc(F)c(O)cc2O)CC1)c1ccccc1. The highest BCUT2D eigenvalue weighted by atomic mass is 19.1. The molecule has 2 amide bonds. The zero-order chi connectivity index (χ0) is 21.0. The van der Waals surface area contributed by atoms with Crippen molar-refractivity contribution in [3.63, 3.8) is 0 Å². The predicted molar refractivity (Wildman–Crippen MR) is 103 cm³/mol.